The second-order valence-electron chi connectivity index (χ2n) is 10.4. The number of aromatic nitrogens is 2. The van der Waals surface area contributed by atoms with Gasteiger partial charge in [0.2, 0.25) is 5.91 Å². The largest absolute Gasteiger partial charge is 0.444 e. The standard InChI is InChI=1S/C29H33FN6O4/c1-29(2,3)40-28(39)35-14-15-36(25(37)19-35)24-10-9-23(27(38)33-18-21-7-5-12-31-17-21)26(34-24)32-13-11-20-6-4-8-22(30)16-20/h4-10,12,16-17H,11,13-15,18-19H2,1-3H3,(H,32,34)(H,33,38). The molecular weight excluding hydrogens is 515 g/mol. The number of nitrogens with zero attached hydrogens (tertiary/aromatic N) is 4. The van der Waals surface area contributed by atoms with E-state index in [9.17, 15) is 18.8 Å². The highest BCUT2D eigenvalue weighted by Gasteiger charge is 2.32. The molecule has 0 unspecified atom stereocenters. The highest BCUT2D eigenvalue weighted by Crippen LogP contribution is 2.22. The molecule has 3 aromatic rings. The number of rotatable bonds is 8. The summed E-state index contributed by atoms with van der Waals surface area (Å²) in [7, 11) is 0. The van der Waals surface area contributed by atoms with E-state index < -0.39 is 11.7 Å². The summed E-state index contributed by atoms with van der Waals surface area (Å²) in [6.07, 6.45) is 3.27. The summed E-state index contributed by atoms with van der Waals surface area (Å²) in [5.41, 5.74) is 1.26. The van der Waals surface area contributed by atoms with E-state index in [0.717, 1.165) is 11.1 Å². The van der Waals surface area contributed by atoms with Gasteiger partial charge in [-0.2, -0.15) is 0 Å². The van der Waals surface area contributed by atoms with Gasteiger partial charge < -0.3 is 15.4 Å². The summed E-state index contributed by atoms with van der Waals surface area (Å²) in [4.78, 5) is 50.0. The third kappa shape index (κ3) is 7.75. The fourth-order valence-corrected chi connectivity index (χ4v) is 4.11. The van der Waals surface area contributed by atoms with Gasteiger partial charge >= 0.3 is 6.09 Å². The third-order valence-electron chi connectivity index (χ3n) is 6.05. The Morgan fingerprint density at radius 3 is 2.58 bits per heavy atom. The summed E-state index contributed by atoms with van der Waals surface area (Å²) < 4.78 is 19.0. The number of anilines is 2. The number of nitrogens with one attached hydrogen (secondary N) is 2. The molecule has 210 valence electrons. The molecule has 1 aliphatic rings. The third-order valence-corrected chi connectivity index (χ3v) is 6.05. The van der Waals surface area contributed by atoms with Gasteiger partial charge in [0.15, 0.2) is 0 Å². The SMILES string of the molecule is CC(C)(C)OC(=O)N1CCN(c2ccc(C(=O)NCc3cccnc3)c(NCCc3cccc(F)c3)n2)C(=O)C1. The van der Waals surface area contributed by atoms with Crippen molar-refractivity contribution in [1.29, 1.82) is 0 Å². The minimum atomic E-state index is -0.668. The summed E-state index contributed by atoms with van der Waals surface area (Å²) in [5, 5.41) is 6.05. The Morgan fingerprint density at radius 2 is 1.88 bits per heavy atom. The van der Waals surface area contributed by atoms with Crippen molar-refractivity contribution < 1.29 is 23.5 Å². The predicted octanol–water partition coefficient (Wildman–Crippen LogP) is 3.78. The van der Waals surface area contributed by atoms with Crippen LogP contribution >= 0.6 is 0 Å². The lowest BCUT2D eigenvalue weighted by Crippen LogP contribution is -2.53. The number of ether oxygens (including phenoxy) is 1. The van der Waals surface area contributed by atoms with E-state index in [0.29, 0.717) is 30.2 Å². The average molecular weight is 549 g/mol. The van der Waals surface area contributed by atoms with E-state index in [2.05, 4.69) is 20.6 Å². The van der Waals surface area contributed by atoms with Crippen molar-refractivity contribution in [3.63, 3.8) is 0 Å². The first-order valence-corrected chi connectivity index (χ1v) is 13.0. The molecule has 4 rings (SSSR count). The first-order chi connectivity index (χ1) is 19.1. The molecule has 2 aromatic heterocycles. The molecule has 0 radical (unpaired) electrons. The van der Waals surface area contributed by atoms with Gasteiger partial charge in [-0.05, 0) is 68.7 Å². The first kappa shape index (κ1) is 28.5. The number of amides is 3. The van der Waals surface area contributed by atoms with Crippen LogP contribution in [0.1, 0.15) is 42.3 Å². The van der Waals surface area contributed by atoms with Crippen LogP contribution in [0.25, 0.3) is 0 Å². The second kappa shape index (κ2) is 12.5. The van der Waals surface area contributed by atoms with Crippen molar-refractivity contribution in [1.82, 2.24) is 20.2 Å². The molecule has 1 aliphatic heterocycles. The lowest BCUT2D eigenvalue weighted by molar-refractivity contribution is -0.121. The molecule has 1 fully saturated rings. The highest BCUT2D eigenvalue weighted by molar-refractivity contribution is 6.00. The minimum absolute atomic E-state index is 0.147. The van der Waals surface area contributed by atoms with Crippen molar-refractivity contribution in [2.75, 3.05) is 36.4 Å². The molecule has 0 aliphatic carbocycles. The zero-order valence-electron chi connectivity index (χ0n) is 22.8. The lowest BCUT2D eigenvalue weighted by Gasteiger charge is -2.34. The number of carbonyl (C=O) groups excluding carboxylic acids is 3. The van der Waals surface area contributed by atoms with Crippen LogP contribution < -0.4 is 15.5 Å². The number of hydrogen-bond acceptors (Lipinski definition) is 7. The van der Waals surface area contributed by atoms with Crippen molar-refractivity contribution >= 4 is 29.5 Å². The summed E-state index contributed by atoms with van der Waals surface area (Å²) in [6.45, 7) is 6.31. The molecular formula is C29H33FN6O4. The second-order valence-corrected chi connectivity index (χ2v) is 10.4. The van der Waals surface area contributed by atoms with Gasteiger partial charge in [0.05, 0.1) is 5.56 Å². The van der Waals surface area contributed by atoms with E-state index in [4.69, 9.17) is 4.74 Å². The molecule has 0 saturated carbocycles. The lowest BCUT2D eigenvalue weighted by atomic mass is 10.1. The van der Waals surface area contributed by atoms with E-state index >= 15 is 0 Å². The summed E-state index contributed by atoms with van der Waals surface area (Å²) >= 11 is 0. The molecule has 2 N–H and O–H groups in total. The molecule has 3 amide bonds. The molecule has 3 heterocycles. The number of pyridine rings is 2. The molecule has 1 saturated heterocycles. The van der Waals surface area contributed by atoms with Gasteiger partial charge in [-0.15, -0.1) is 0 Å². The van der Waals surface area contributed by atoms with Crippen LogP contribution in [0.5, 0.6) is 0 Å². The van der Waals surface area contributed by atoms with Crippen LogP contribution in [0.4, 0.5) is 20.8 Å². The Morgan fingerprint density at radius 1 is 1.07 bits per heavy atom. The topological polar surface area (TPSA) is 117 Å². The van der Waals surface area contributed by atoms with Crippen LogP contribution in [-0.2, 0) is 22.5 Å². The fraction of sp³-hybridized carbons (Fsp3) is 0.345. The predicted molar refractivity (Wildman–Crippen MR) is 148 cm³/mol. The smallest absolute Gasteiger partial charge is 0.410 e. The number of hydrogen-bond donors (Lipinski definition) is 2. The molecule has 0 bridgehead atoms. The van der Waals surface area contributed by atoms with Crippen LogP contribution in [0, 0.1) is 5.82 Å². The monoisotopic (exact) mass is 548 g/mol. The summed E-state index contributed by atoms with van der Waals surface area (Å²) in [6, 6.07) is 13.2. The maximum absolute atomic E-state index is 13.6. The Bertz CT molecular complexity index is 1360. The van der Waals surface area contributed by atoms with E-state index in [1.54, 1.807) is 57.4 Å². The Kier molecular flexibility index (Phi) is 8.93. The minimum Gasteiger partial charge on any atom is -0.444 e. The fourth-order valence-electron chi connectivity index (χ4n) is 4.11. The van der Waals surface area contributed by atoms with Crippen LogP contribution in [0.3, 0.4) is 0 Å². The quantitative estimate of drug-likeness (QED) is 0.440. The van der Waals surface area contributed by atoms with Crippen LogP contribution in [0.2, 0.25) is 0 Å². The van der Waals surface area contributed by atoms with Crippen molar-refractivity contribution in [3.05, 3.63) is 83.4 Å². The maximum atomic E-state index is 13.6. The maximum Gasteiger partial charge on any atom is 0.410 e. The number of benzene rings is 1. The normalized spacial score (nSPS) is 13.7. The van der Waals surface area contributed by atoms with Crippen molar-refractivity contribution in [3.8, 4) is 0 Å². The van der Waals surface area contributed by atoms with Crippen LogP contribution in [0.15, 0.2) is 60.9 Å². The zero-order chi connectivity index (χ0) is 28.7. The van der Waals surface area contributed by atoms with E-state index in [1.807, 2.05) is 12.1 Å². The van der Waals surface area contributed by atoms with Gasteiger partial charge in [-0.1, -0.05) is 18.2 Å². The Balaban J connectivity index is 1.49. The molecule has 40 heavy (non-hydrogen) atoms. The van der Waals surface area contributed by atoms with E-state index in [1.165, 1.54) is 21.9 Å². The number of piperazine rings is 1. The molecule has 0 atom stereocenters. The van der Waals surface area contributed by atoms with Gasteiger partial charge in [0.1, 0.15) is 29.6 Å². The number of carbonyl (C=O) groups is 3. The Hall–Kier alpha value is -4.54. The first-order valence-electron chi connectivity index (χ1n) is 13.0. The van der Waals surface area contributed by atoms with E-state index in [-0.39, 0.29) is 43.8 Å². The van der Waals surface area contributed by atoms with Crippen LogP contribution in [-0.4, -0.2) is 64.6 Å². The zero-order valence-corrected chi connectivity index (χ0v) is 22.8. The average Bonchev–Trinajstić information content (AvgIpc) is 2.91. The Labute approximate surface area is 232 Å². The van der Waals surface area contributed by atoms with Gasteiger partial charge in [-0.3, -0.25) is 24.4 Å². The molecule has 0 spiro atoms. The number of halogens is 1. The molecule has 10 nitrogen and oxygen atoms in total. The van der Waals surface area contributed by atoms with Gasteiger partial charge in [-0.25, -0.2) is 14.2 Å². The molecule has 1 aromatic carbocycles. The highest BCUT2D eigenvalue weighted by atomic mass is 19.1. The van der Waals surface area contributed by atoms with Crippen molar-refractivity contribution in [2.24, 2.45) is 0 Å². The summed E-state index contributed by atoms with van der Waals surface area (Å²) in [5.74, 6) is -0.343. The molecule has 11 heteroatoms. The van der Waals surface area contributed by atoms with Gasteiger partial charge in [0, 0.05) is 38.6 Å². The van der Waals surface area contributed by atoms with Crippen molar-refractivity contribution in [2.45, 2.75) is 39.3 Å². The van der Waals surface area contributed by atoms with Gasteiger partial charge in [0.25, 0.3) is 5.91 Å².